The summed E-state index contributed by atoms with van der Waals surface area (Å²) in [5.41, 5.74) is 5.18. The van der Waals surface area contributed by atoms with Crippen LogP contribution in [0.1, 0.15) is 20.8 Å². The molecule has 0 aliphatic heterocycles. The lowest BCUT2D eigenvalue weighted by Crippen LogP contribution is -2.46. The molecule has 0 heterocycles. The number of nitrogens with two attached hydrogens (primary N) is 1. The lowest BCUT2D eigenvalue weighted by atomic mass is 10.2. The molecular formula is C14H19ClN2O5. The number of rotatable bonds is 5. The Balaban J connectivity index is 2.67. The molecule has 0 aliphatic rings. The van der Waals surface area contributed by atoms with Gasteiger partial charge in [0.25, 0.3) is 0 Å². The molecule has 7 nitrogen and oxygen atoms in total. The molecule has 0 spiro atoms. The highest BCUT2D eigenvalue weighted by molar-refractivity contribution is 6.33. The average Bonchev–Trinajstić information content (AvgIpc) is 2.36. The fourth-order valence-corrected chi connectivity index (χ4v) is 1.61. The predicted molar refractivity (Wildman–Crippen MR) is 82.2 cm³/mol. The van der Waals surface area contributed by atoms with Crippen molar-refractivity contribution >= 4 is 29.4 Å². The number of carbonyl (C=O) groups is 2. The normalized spacial score (nSPS) is 12.4. The highest BCUT2D eigenvalue weighted by Crippen LogP contribution is 2.28. The second kappa shape index (κ2) is 7.22. The lowest BCUT2D eigenvalue weighted by Gasteiger charge is -2.22. The third kappa shape index (κ3) is 5.69. The molecule has 1 amide bonds. The number of nitrogen functional groups attached to an aromatic ring is 1. The van der Waals surface area contributed by atoms with E-state index in [2.05, 4.69) is 5.32 Å². The molecule has 0 aliphatic carbocycles. The number of nitrogens with one attached hydrogen (secondary N) is 1. The molecule has 0 radical (unpaired) electrons. The van der Waals surface area contributed by atoms with Crippen molar-refractivity contribution in [3.8, 4) is 5.75 Å². The molecule has 22 heavy (non-hydrogen) atoms. The van der Waals surface area contributed by atoms with Crippen LogP contribution < -0.4 is 15.8 Å². The molecule has 1 aromatic carbocycles. The molecule has 1 rings (SSSR count). The molecule has 0 aromatic heterocycles. The van der Waals surface area contributed by atoms with Crippen molar-refractivity contribution < 1.29 is 24.2 Å². The fourth-order valence-electron chi connectivity index (χ4n) is 1.44. The third-order valence-electron chi connectivity index (χ3n) is 2.41. The second-order valence-electron chi connectivity index (χ2n) is 5.50. The van der Waals surface area contributed by atoms with Gasteiger partial charge < -0.3 is 25.6 Å². The number of hydrogen-bond donors (Lipinski definition) is 3. The molecule has 1 atom stereocenters. The van der Waals surface area contributed by atoms with Gasteiger partial charge in [0.05, 0.1) is 10.7 Å². The van der Waals surface area contributed by atoms with E-state index in [0.717, 1.165) is 0 Å². The predicted octanol–water partition coefficient (Wildman–Crippen LogP) is 2.28. The Morgan fingerprint density at radius 1 is 1.41 bits per heavy atom. The number of alkyl carbamates (subject to hydrolysis) is 1. The SMILES string of the molecule is CC(C)(C)OC(=O)NC(COc1cccc(Cl)c1N)C(=O)O. The Bertz CT molecular complexity index is 557. The number of anilines is 1. The van der Waals surface area contributed by atoms with E-state index in [-0.39, 0.29) is 18.0 Å². The van der Waals surface area contributed by atoms with Crippen LogP contribution in [-0.4, -0.2) is 35.4 Å². The van der Waals surface area contributed by atoms with E-state index in [1.54, 1.807) is 39.0 Å². The Labute approximate surface area is 133 Å². The Morgan fingerprint density at radius 3 is 2.59 bits per heavy atom. The molecule has 0 bridgehead atoms. The largest absolute Gasteiger partial charge is 0.489 e. The number of benzene rings is 1. The quantitative estimate of drug-likeness (QED) is 0.714. The van der Waals surface area contributed by atoms with E-state index in [0.29, 0.717) is 5.02 Å². The first kappa shape index (κ1) is 17.9. The van der Waals surface area contributed by atoms with Crippen LogP contribution in [0.4, 0.5) is 10.5 Å². The minimum absolute atomic E-state index is 0.200. The maximum absolute atomic E-state index is 11.6. The topological polar surface area (TPSA) is 111 Å². The maximum atomic E-state index is 11.6. The van der Waals surface area contributed by atoms with Crippen molar-refractivity contribution in [2.45, 2.75) is 32.4 Å². The van der Waals surface area contributed by atoms with Crippen molar-refractivity contribution in [3.63, 3.8) is 0 Å². The van der Waals surface area contributed by atoms with E-state index in [1.165, 1.54) is 0 Å². The summed E-state index contributed by atoms with van der Waals surface area (Å²) in [4.78, 5) is 22.8. The molecule has 0 saturated carbocycles. The van der Waals surface area contributed by atoms with Crippen LogP contribution in [0.5, 0.6) is 5.75 Å². The minimum atomic E-state index is -1.28. The van der Waals surface area contributed by atoms with E-state index in [1.807, 2.05) is 0 Å². The number of carboxylic acids is 1. The van der Waals surface area contributed by atoms with Gasteiger partial charge in [-0.2, -0.15) is 0 Å². The summed E-state index contributed by atoms with van der Waals surface area (Å²) in [7, 11) is 0. The van der Waals surface area contributed by atoms with Crippen LogP contribution in [0, 0.1) is 0 Å². The van der Waals surface area contributed by atoms with Crippen molar-refractivity contribution in [3.05, 3.63) is 23.2 Å². The summed E-state index contributed by atoms with van der Waals surface area (Å²) in [6.07, 6.45) is -0.845. The van der Waals surface area contributed by atoms with Crippen LogP contribution in [0.3, 0.4) is 0 Å². The number of para-hydroxylation sites is 1. The highest BCUT2D eigenvalue weighted by atomic mass is 35.5. The lowest BCUT2D eigenvalue weighted by molar-refractivity contribution is -0.140. The number of ether oxygens (including phenoxy) is 2. The number of carbonyl (C=O) groups excluding carboxylic acids is 1. The summed E-state index contributed by atoms with van der Waals surface area (Å²) in [6, 6.07) is 3.46. The first-order valence-corrected chi connectivity index (χ1v) is 6.87. The van der Waals surface area contributed by atoms with Gasteiger partial charge in [-0.25, -0.2) is 9.59 Å². The fraction of sp³-hybridized carbons (Fsp3) is 0.429. The number of amides is 1. The molecule has 1 aromatic rings. The summed E-state index contributed by atoms with van der Waals surface area (Å²) in [5.74, 6) is -1.02. The van der Waals surface area contributed by atoms with Gasteiger partial charge in [0.15, 0.2) is 6.04 Å². The molecule has 0 saturated heterocycles. The van der Waals surface area contributed by atoms with Gasteiger partial charge in [0.2, 0.25) is 0 Å². The van der Waals surface area contributed by atoms with Crippen LogP contribution in [0.25, 0.3) is 0 Å². The van der Waals surface area contributed by atoms with Crippen LogP contribution in [0.2, 0.25) is 5.02 Å². The molecular weight excluding hydrogens is 312 g/mol. The monoisotopic (exact) mass is 330 g/mol. The number of halogens is 1. The zero-order valence-electron chi connectivity index (χ0n) is 12.6. The number of aliphatic carboxylic acids is 1. The zero-order valence-corrected chi connectivity index (χ0v) is 13.3. The maximum Gasteiger partial charge on any atom is 0.408 e. The van der Waals surface area contributed by atoms with E-state index in [9.17, 15) is 9.59 Å². The van der Waals surface area contributed by atoms with Gasteiger partial charge in [-0.1, -0.05) is 17.7 Å². The number of carboxylic acid groups (broad SMARTS) is 1. The molecule has 122 valence electrons. The third-order valence-corrected chi connectivity index (χ3v) is 2.74. The van der Waals surface area contributed by atoms with Crippen molar-refractivity contribution in [1.82, 2.24) is 5.32 Å². The summed E-state index contributed by atoms with van der Waals surface area (Å²) in [5, 5.41) is 11.6. The highest BCUT2D eigenvalue weighted by Gasteiger charge is 2.24. The Hall–Kier alpha value is -2.15. The molecule has 1 unspecified atom stereocenters. The van der Waals surface area contributed by atoms with Gasteiger partial charge in [-0.3, -0.25) is 0 Å². The Kier molecular flexibility index (Phi) is 5.87. The molecule has 4 N–H and O–H groups in total. The van der Waals surface area contributed by atoms with Gasteiger partial charge in [-0.05, 0) is 32.9 Å². The van der Waals surface area contributed by atoms with E-state index < -0.39 is 23.7 Å². The van der Waals surface area contributed by atoms with Crippen molar-refractivity contribution in [1.29, 1.82) is 0 Å². The second-order valence-corrected chi connectivity index (χ2v) is 5.91. The molecule has 8 heteroatoms. The summed E-state index contributed by atoms with van der Waals surface area (Å²) >= 11 is 5.84. The van der Waals surface area contributed by atoms with Crippen LogP contribution in [-0.2, 0) is 9.53 Å². The van der Waals surface area contributed by atoms with E-state index in [4.69, 9.17) is 31.9 Å². The minimum Gasteiger partial charge on any atom is -0.489 e. The van der Waals surface area contributed by atoms with E-state index >= 15 is 0 Å². The van der Waals surface area contributed by atoms with Gasteiger partial charge in [0.1, 0.15) is 18.0 Å². The average molecular weight is 331 g/mol. The van der Waals surface area contributed by atoms with Crippen LogP contribution in [0.15, 0.2) is 18.2 Å². The summed E-state index contributed by atoms with van der Waals surface area (Å²) < 4.78 is 10.3. The smallest absolute Gasteiger partial charge is 0.408 e. The van der Waals surface area contributed by atoms with Crippen molar-refractivity contribution in [2.75, 3.05) is 12.3 Å². The van der Waals surface area contributed by atoms with Gasteiger partial charge >= 0.3 is 12.1 Å². The van der Waals surface area contributed by atoms with Gasteiger partial charge in [-0.15, -0.1) is 0 Å². The first-order valence-electron chi connectivity index (χ1n) is 6.49. The molecule has 0 fully saturated rings. The van der Waals surface area contributed by atoms with Crippen molar-refractivity contribution in [2.24, 2.45) is 0 Å². The Morgan fingerprint density at radius 2 is 2.05 bits per heavy atom. The zero-order chi connectivity index (χ0) is 16.9. The standard InChI is InChI=1S/C14H19ClN2O5/c1-14(2,3)22-13(20)17-9(12(18)19)7-21-10-6-4-5-8(15)11(10)16/h4-6,9H,7,16H2,1-3H3,(H,17,20)(H,18,19). The first-order chi connectivity index (χ1) is 10.1. The van der Waals surface area contributed by atoms with Crippen LogP contribution >= 0.6 is 11.6 Å². The number of hydrogen-bond acceptors (Lipinski definition) is 5. The summed E-state index contributed by atoms with van der Waals surface area (Å²) in [6.45, 7) is 4.70. The van der Waals surface area contributed by atoms with Gasteiger partial charge in [0, 0.05) is 0 Å².